The van der Waals surface area contributed by atoms with Crippen LogP contribution < -0.4 is 4.90 Å². The highest BCUT2D eigenvalue weighted by Gasteiger charge is 2.50. The molecule has 3 heterocycles. The van der Waals surface area contributed by atoms with E-state index in [0.29, 0.717) is 18.8 Å². The molecule has 11 heteroatoms. The Bertz CT molecular complexity index is 937. The molecule has 0 aliphatic carbocycles. The molecule has 0 spiro atoms. The van der Waals surface area contributed by atoms with Crippen molar-refractivity contribution in [2.45, 2.75) is 36.1 Å². The van der Waals surface area contributed by atoms with E-state index in [1.165, 1.54) is 19.3 Å². The number of sulfone groups is 1. The Labute approximate surface area is 160 Å². The lowest BCUT2D eigenvalue weighted by Crippen LogP contribution is -2.45. The smallest absolute Gasteiger partial charge is 0.283 e. The summed E-state index contributed by atoms with van der Waals surface area (Å²) in [5.74, 6) is -1.50. The zero-order valence-electron chi connectivity index (χ0n) is 15.3. The maximum atomic E-state index is 15.5. The van der Waals surface area contributed by atoms with Crippen molar-refractivity contribution in [1.82, 2.24) is 14.8 Å². The molecule has 3 rings (SSSR count). The number of nitrogens with zero attached hydrogens (tertiary/aromatic N) is 4. The number of hydrogen-bond donors (Lipinski definition) is 0. The van der Waals surface area contributed by atoms with Crippen molar-refractivity contribution in [1.29, 1.82) is 0 Å². The van der Waals surface area contributed by atoms with E-state index in [1.807, 2.05) is 4.90 Å². The highest BCUT2D eigenvalue weighted by atomic mass is 32.2. The van der Waals surface area contributed by atoms with Gasteiger partial charge >= 0.3 is 0 Å². The van der Waals surface area contributed by atoms with Crippen molar-refractivity contribution < 1.29 is 26.0 Å². The van der Waals surface area contributed by atoms with Crippen molar-refractivity contribution in [3.63, 3.8) is 0 Å². The molecule has 0 aromatic carbocycles. The fourth-order valence-corrected chi connectivity index (χ4v) is 5.29. The van der Waals surface area contributed by atoms with E-state index in [9.17, 15) is 21.6 Å². The van der Waals surface area contributed by atoms with Gasteiger partial charge in [-0.3, -0.25) is 4.68 Å². The SMILES string of the molecule is Cn1cc(S(=O)(=O)[C@](C)(F)C2CCN(c3ccc(F)nc3)CC2)c(C(F)F)n1. The molecule has 0 saturated carbocycles. The van der Waals surface area contributed by atoms with Crippen LogP contribution in [0.25, 0.3) is 0 Å². The summed E-state index contributed by atoms with van der Waals surface area (Å²) in [6, 6.07) is 2.75. The quantitative estimate of drug-likeness (QED) is 0.549. The summed E-state index contributed by atoms with van der Waals surface area (Å²) in [5, 5.41) is 0.740. The van der Waals surface area contributed by atoms with Crippen LogP contribution in [0.3, 0.4) is 0 Å². The Morgan fingerprint density at radius 1 is 1.25 bits per heavy atom. The first kappa shape index (κ1) is 20.6. The van der Waals surface area contributed by atoms with Crippen molar-refractivity contribution in [3.05, 3.63) is 36.2 Å². The molecule has 1 fully saturated rings. The summed E-state index contributed by atoms with van der Waals surface area (Å²) in [5.41, 5.74) is -0.295. The van der Waals surface area contributed by atoms with Crippen LogP contribution in [0.4, 0.5) is 23.2 Å². The maximum absolute atomic E-state index is 15.5. The minimum Gasteiger partial charge on any atom is -0.370 e. The molecule has 1 aliphatic rings. The Kier molecular flexibility index (Phi) is 5.39. The Morgan fingerprint density at radius 3 is 2.43 bits per heavy atom. The van der Waals surface area contributed by atoms with E-state index in [4.69, 9.17) is 0 Å². The van der Waals surface area contributed by atoms with Crippen LogP contribution in [0, 0.1) is 11.9 Å². The first-order chi connectivity index (χ1) is 13.0. The van der Waals surface area contributed by atoms with Crippen LogP contribution in [0.1, 0.15) is 31.9 Å². The average Bonchev–Trinajstić information content (AvgIpc) is 3.05. The summed E-state index contributed by atoms with van der Waals surface area (Å²) in [7, 11) is -3.39. The number of hydrogen-bond acceptors (Lipinski definition) is 5. The first-order valence-corrected chi connectivity index (χ1v) is 10.1. The lowest BCUT2D eigenvalue weighted by molar-refractivity contribution is 0.140. The van der Waals surface area contributed by atoms with Gasteiger partial charge in [-0.05, 0) is 31.9 Å². The van der Waals surface area contributed by atoms with Gasteiger partial charge in [0.2, 0.25) is 20.8 Å². The van der Waals surface area contributed by atoms with Crippen molar-refractivity contribution >= 4 is 15.5 Å². The summed E-state index contributed by atoms with van der Waals surface area (Å²) < 4.78 is 81.5. The zero-order chi connectivity index (χ0) is 20.7. The molecule has 28 heavy (non-hydrogen) atoms. The third-order valence-electron chi connectivity index (χ3n) is 5.14. The number of halogens is 4. The second-order valence-corrected chi connectivity index (χ2v) is 9.19. The van der Waals surface area contributed by atoms with Gasteiger partial charge in [0.1, 0.15) is 10.6 Å². The van der Waals surface area contributed by atoms with Gasteiger partial charge < -0.3 is 4.90 Å². The van der Waals surface area contributed by atoms with E-state index in [-0.39, 0.29) is 12.8 Å². The van der Waals surface area contributed by atoms with Gasteiger partial charge in [0.25, 0.3) is 6.43 Å². The second kappa shape index (κ2) is 7.34. The average molecular weight is 420 g/mol. The fraction of sp³-hybridized carbons (Fsp3) is 0.529. The molecule has 1 atom stereocenters. The van der Waals surface area contributed by atoms with Crippen LogP contribution in [0.5, 0.6) is 0 Å². The topological polar surface area (TPSA) is 68.1 Å². The van der Waals surface area contributed by atoms with Crippen LogP contribution in [0.15, 0.2) is 29.4 Å². The third-order valence-corrected chi connectivity index (χ3v) is 7.42. The number of alkyl halides is 3. The van der Waals surface area contributed by atoms with Gasteiger partial charge in [0, 0.05) is 32.3 Å². The van der Waals surface area contributed by atoms with E-state index in [2.05, 4.69) is 10.1 Å². The van der Waals surface area contributed by atoms with Gasteiger partial charge in [-0.1, -0.05) is 0 Å². The molecule has 0 bridgehead atoms. The zero-order valence-corrected chi connectivity index (χ0v) is 16.1. The van der Waals surface area contributed by atoms with Crippen LogP contribution in [-0.2, 0) is 16.9 Å². The van der Waals surface area contributed by atoms with Gasteiger partial charge in [0.15, 0.2) is 0 Å². The van der Waals surface area contributed by atoms with Crippen molar-refractivity contribution in [2.24, 2.45) is 13.0 Å². The van der Waals surface area contributed by atoms with Crippen LogP contribution in [-0.4, -0.2) is 41.3 Å². The van der Waals surface area contributed by atoms with Crippen molar-refractivity contribution in [3.8, 4) is 0 Å². The summed E-state index contributed by atoms with van der Waals surface area (Å²) in [6.45, 7) is 1.59. The third kappa shape index (κ3) is 3.59. The lowest BCUT2D eigenvalue weighted by Gasteiger charge is -2.38. The monoisotopic (exact) mass is 420 g/mol. The van der Waals surface area contributed by atoms with Crippen LogP contribution in [0.2, 0.25) is 0 Å². The highest BCUT2D eigenvalue weighted by molar-refractivity contribution is 7.92. The van der Waals surface area contributed by atoms with Gasteiger partial charge in [0.05, 0.1) is 11.9 Å². The maximum Gasteiger partial charge on any atom is 0.283 e. The standard InChI is InChI=1S/C17H20F4N4O2S/c1-17(21,28(26,27)13-10-24(2)23-15(13)16(19)20)11-5-7-25(8-6-11)12-3-4-14(18)22-9-12/h3-4,9-11,16H,5-8H2,1-2H3/t17-/m0/s1. The molecule has 1 aliphatic heterocycles. The Balaban J connectivity index is 1.80. The first-order valence-electron chi connectivity index (χ1n) is 8.65. The molecule has 0 unspecified atom stereocenters. The number of aromatic nitrogens is 3. The van der Waals surface area contributed by atoms with Gasteiger partial charge in [-0.15, -0.1) is 0 Å². The molecule has 0 amide bonds. The fourth-order valence-electron chi connectivity index (χ4n) is 3.48. The van der Waals surface area contributed by atoms with Crippen molar-refractivity contribution in [2.75, 3.05) is 18.0 Å². The summed E-state index contributed by atoms with van der Waals surface area (Å²) in [6.07, 6.45) is -0.490. The molecule has 2 aromatic rings. The number of pyridine rings is 1. The van der Waals surface area contributed by atoms with E-state index >= 15 is 4.39 Å². The minimum atomic E-state index is -4.69. The number of anilines is 1. The number of rotatable bonds is 5. The molecule has 2 aromatic heterocycles. The minimum absolute atomic E-state index is 0.188. The highest BCUT2D eigenvalue weighted by Crippen LogP contribution is 2.41. The largest absolute Gasteiger partial charge is 0.370 e. The molecule has 0 N–H and O–H groups in total. The van der Waals surface area contributed by atoms with E-state index < -0.39 is 43.7 Å². The Hall–Kier alpha value is -2.17. The van der Waals surface area contributed by atoms with Crippen LogP contribution >= 0.6 is 0 Å². The summed E-state index contributed by atoms with van der Waals surface area (Å²) >= 11 is 0. The lowest BCUT2D eigenvalue weighted by atomic mass is 9.92. The Morgan fingerprint density at radius 2 is 1.89 bits per heavy atom. The van der Waals surface area contributed by atoms with Gasteiger partial charge in [-0.25, -0.2) is 26.6 Å². The normalized spacial score (nSPS) is 18.5. The van der Waals surface area contributed by atoms with E-state index in [1.54, 1.807) is 6.07 Å². The second-order valence-electron chi connectivity index (χ2n) is 6.94. The van der Waals surface area contributed by atoms with E-state index in [0.717, 1.165) is 17.8 Å². The molecule has 6 nitrogen and oxygen atoms in total. The molecular weight excluding hydrogens is 400 g/mol. The predicted octanol–water partition coefficient (Wildman–Crippen LogP) is 3.27. The molecular formula is C17H20F4N4O2S. The molecule has 1 saturated heterocycles. The number of piperidine rings is 1. The molecule has 154 valence electrons. The number of aryl methyl sites for hydroxylation is 1. The molecule has 0 radical (unpaired) electrons. The van der Waals surface area contributed by atoms with Gasteiger partial charge in [-0.2, -0.15) is 9.49 Å². The predicted molar refractivity (Wildman–Crippen MR) is 94.0 cm³/mol. The summed E-state index contributed by atoms with van der Waals surface area (Å²) in [4.78, 5) is 4.64.